The molecule has 1 heterocycles. The predicted octanol–water partition coefficient (Wildman–Crippen LogP) is 3.56. The van der Waals surface area contributed by atoms with Crippen LogP contribution in [0.3, 0.4) is 0 Å². The van der Waals surface area contributed by atoms with Crippen LogP contribution in [-0.2, 0) is 16.1 Å². The highest BCUT2D eigenvalue weighted by Crippen LogP contribution is 2.17. The molecule has 6 heteroatoms. The van der Waals surface area contributed by atoms with E-state index in [4.69, 9.17) is 0 Å². The van der Waals surface area contributed by atoms with E-state index >= 15 is 0 Å². The van der Waals surface area contributed by atoms with Crippen molar-refractivity contribution in [2.75, 3.05) is 5.32 Å². The molecule has 0 aliphatic rings. The summed E-state index contributed by atoms with van der Waals surface area (Å²) in [4.78, 5) is 28.3. The number of benzene rings is 2. The smallest absolute Gasteiger partial charge is 0.313 e. The molecular formula is C19H16BrN3O2. The minimum absolute atomic E-state index is 0.293. The Kier molecular flexibility index (Phi) is 5.09. The number of carbonyl (C=O) groups excluding carboxylic acids is 2. The van der Waals surface area contributed by atoms with Gasteiger partial charge in [0, 0.05) is 16.4 Å². The second kappa shape index (κ2) is 7.44. The second-order valence-electron chi connectivity index (χ2n) is 5.62. The fraction of sp³-hybridized carbons (Fsp3) is 0.105. The molecule has 0 spiro atoms. The highest BCUT2D eigenvalue weighted by atomic mass is 79.9. The predicted molar refractivity (Wildman–Crippen MR) is 101 cm³/mol. The summed E-state index contributed by atoms with van der Waals surface area (Å²) in [7, 11) is 0. The van der Waals surface area contributed by atoms with E-state index in [-0.39, 0.29) is 0 Å². The fourth-order valence-corrected chi connectivity index (χ4v) is 2.92. The van der Waals surface area contributed by atoms with Crippen LogP contribution in [0.5, 0.6) is 0 Å². The summed E-state index contributed by atoms with van der Waals surface area (Å²) in [6.07, 6.45) is 1.53. The van der Waals surface area contributed by atoms with Crippen molar-refractivity contribution in [3.63, 3.8) is 0 Å². The molecule has 0 bridgehead atoms. The number of aryl methyl sites for hydroxylation is 1. The number of amides is 2. The van der Waals surface area contributed by atoms with Crippen molar-refractivity contribution in [2.45, 2.75) is 13.5 Å². The van der Waals surface area contributed by atoms with Crippen LogP contribution in [0.15, 0.2) is 59.2 Å². The Morgan fingerprint density at radius 3 is 2.68 bits per heavy atom. The quantitative estimate of drug-likeness (QED) is 0.663. The fourth-order valence-electron chi connectivity index (χ4n) is 2.44. The lowest BCUT2D eigenvalue weighted by Gasteiger charge is -2.09. The third-order valence-corrected chi connectivity index (χ3v) is 4.29. The van der Waals surface area contributed by atoms with Crippen LogP contribution in [0.1, 0.15) is 11.1 Å². The van der Waals surface area contributed by atoms with Crippen molar-refractivity contribution in [1.29, 1.82) is 0 Å². The lowest BCUT2D eigenvalue weighted by atomic mass is 10.1. The van der Waals surface area contributed by atoms with E-state index in [0.717, 1.165) is 26.5 Å². The van der Waals surface area contributed by atoms with Crippen LogP contribution in [0, 0.1) is 6.92 Å². The maximum absolute atomic E-state index is 12.1. The molecule has 25 heavy (non-hydrogen) atoms. The van der Waals surface area contributed by atoms with Crippen molar-refractivity contribution < 1.29 is 9.59 Å². The normalized spacial score (nSPS) is 10.5. The van der Waals surface area contributed by atoms with Gasteiger partial charge in [-0.25, -0.2) is 0 Å². The molecule has 0 fully saturated rings. The Morgan fingerprint density at radius 2 is 1.88 bits per heavy atom. The van der Waals surface area contributed by atoms with Crippen LogP contribution in [0.4, 0.5) is 5.69 Å². The summed E-state index contributed by atoms with van der Waals surface area (Å²) in [6, 6.07) is 15.1. The zero-order valence-corrected chi connectivity index (χ0v) is 15.1. The molecule has 0 aliphatic heterocycles. The van der Waals surface area contributed by atoms with Crippen molar-refractivity contribution in [2.24, 2.45) is 0 Å². The monoisotopic (exact) mass is 397 g/mol. The van der Waals surface area contributed by atoms with Crippen LogP contribution in [0.2, 0.25) is 0 Å². The highest BCUT2D eigenvalue weighted by Gasteiger charge is 2.14. The first-order valence-corrected chi connectivity index (χ1v) is 8.51. The van der Waals surface area contributed by atoms with Gasteiger partial charge < -0.3 is 10.6 Å². The molecule has 1 aromatic heterocycles. The van der Waals surface area contributed by atoms with Gasteiger partial charge in [-0.3, -0.25) is 14.6 Å². The van der Waals surface area contributed by atoms with Crippen molar-refractivity contribution >= 4 is 44.3 Å². The van der Waals surface area contributed by atoms with E-state index < -0.39 is 11.8 Å². The summed E-state index contributed by atoms with van der Waals surface area (Å²) in [6.45, 7) is 2.24. The average Bonchev–Trinajstić information content (AvgIpc) is 2.60. The van der Waals surface area contributed by atoms with Crippen LogP contribution >= 0.6 is 15.9 Å². The van der Waals surface area contributed by atoms with Gasteiger partial charge in [-0.05, 0) is 42.3 Å². The summed E-state index contributed by atoms with van der Waals surface area (Å²) in [5, 5.41) is 6.10. The number of hydrogen-bond donors (Lipinski definition) is 2. The van der Waals surface area contributed by atoms with Gasteiger partial charge in [0.25, 0.3) is 0 Å². The third-order valence-electron chi connectivity index (χ3n) is 3.80. The van der Waals surface area contributed by atoms with Crippen LogP contribution < -0.4 is 10.6 Å². The van der Waals surface area contributed by atoms with Gasteiger partial charge in [-0.15, -0.1) is 0 Å². The third kappa shape index (κ3) is 4.22. The molecule has 0 aliphatic carbocycles. The molecule has 0 radical (unpaired) electrons. The first-order chi connectivity index (χ1) is 12.0. The van der Waals surface area contributed by atoms with E-state index in [1.54, 1.807) is 6.07 Å². The number of fused-ring (bicyclic) bond motifs is 1. The van der Waals surface area contributed by atoms with Crippen molar-refractivity contribution in [1.82, 2.24) is 10.3 Å². The molecule has 2 aromatic carbocycles. The Balaban J connectivity index is 1.62. The number of carbonyl (C=O) groups is 2. The number of nitrogens with one attached hydrogen (secondary N) is 2. The molecule has 0 atom stereocenters. The van der Waals surface area contributed by atoms with E-state index in [1.165, 1.54) is 6.20 Å². The Hall–Kier alpha value is -2.73. The summed E-state index contributed by atoms with van der Waals surface area (Å²) >= 11 is 3.40. The van der Waals surface area contributed by atoms with Gasteiger partial charge in [0.2, 0.25) is 0 Å². The minimum atomic E-state index is -0.716. The van der Waals surface area contributed by atoms with Gasteiger partial charge in [0.05, 0.1) is 17.4 Å². The molecule has 3 rings (SSSR count). The van der Waals surface area contributed by atoms with Crippen LogP contribution in [0.25, 0.3) is 10.9 Å². The molecule has 0 saturated heterocycles. The Bertz CT molecular complexity index is 956. The zero-order valence-electron chi connectivity index (χ0n) is 13.5. The Morgan fingerprint density at radius 1 is 1.08 bits per heavy atom. The van der Waals surface area contributed by atoms with E-state index in [2.05, 4.69) is 31.5 Å². The van der Waals surface area contributed by atoms with Gasteiger partial charge in [0.1, 0.15) is 0 Å². The first kappa shape index (κ1) is 17.1. The van der Waals surface area contributed by atoms with Gasteiger partial charge >= 0.3 is 11.8 Å². The molecule has 126 valence electrons. The molecule has 0 unspecified atom stereocenters. The second-order valence-corrected chi connectivity index (χ2v) is 6.54. The van der Waals surface area contributed by atoms with Crippen molar-refractivity contribution in [3.8, 4) is 0 Å². The summed E-state index contributed by atoms with van der Waals surface area (Å²) in [5.74, 6) is -1.40. The Labute approximate surface area is 153 Å². The largest absolute Gasteiger partial charge is 0.344 e. The average molecular weight is 398 g/mol. The number of rotatable bonds is 3. The van der Waals surface area contributed by atoms with Crippen LogP contribution in [-0.4, -0.2) is 16.8 Å². The SMILES string of the molecule is Cc1cc(Br)ccc1CNC(=O)C(=O)Nc1cnc2ccccc2c1. The van der Waals surface area contributed by atoms with E-state index in [1.807, 2.05) is 49.4 Å². The number of halogens is 1. The molecule has 3 aromatic rings. The number of hydrogen-bond acceptors (Lipinski definition) is 3. The number of aromatic nitrogens is 1. The highest BCUT2D eigenvalue weighted by molar-refractivity contribution is 9.10. The van der Waals surface area contributed by atoms with Gasteiger partial charge in [0.15, 0.2) is 0 Å². The van der Waals surface area contributed by atoms with Gasteiger partial charge in [-0.1, -0.05) is 40.2 Å². The first-order valence-electron chi connectivity index (χ1n) is 7.72. The maximum atomic E-state index is 12.1. The number of anilines is 1. The number of para-hydroxylation sites is 1. The summed E-state index contributed by atoms with van der Waals surface area (Å²) < 4.78 is 0.974. The lowest BCUT2D eigenvalue weighted by Crippen LogP contribution is -2.35. The molecule has 5 nitrogen and oxygen atoms in total. The number of pyridine rings is 1. The summed E-state index contributed by atoms with van der Waals surface area (Å²) in [5.41, 5.74) is 3.31. The molecule has 2 amide bonds. The van der Waals surface area contributed by atoms with Gasteiger partial charge in [-0.2, -0.15) is 0 Å². The van der Waals surface area contributed by atoms with Crippen molar-refractivity contribution in [3.05, 3.63) is 70.3 Å². The topological polar surface area (TPSA) is 71.1 Å². The molecule has 2 N–H and O–H groups in total. The van der Waals surface area contributed by atoms with E-state index in [0.29, 0.717) is 12.2 Å². The standard InChI is InChI=1S/C19H16BrN3O2/c1-12-8-15(20)7-6-14(12)10-22-18(24)19(25)23-16-9-13-4-2-3-5-17(13)21-11-16/h2-9,11H,10H2,1H3,(H,22,24)(H,23,25). The van der Waals surface area contributed by atoms with E-state index in [9.17, 15) is 9.59 Å². The molecular weight excluding hydrogens is 382 g/mol. The zero-order chi connectivity index (χ0) is 17.8. The maximum Gasteiger partial charge on any atom is 0.313 e. The minimum Gasteiger partial charge on any atom is -0.344 e. The number of nitrogens with zero attached hydrogens (tertiary/aromatic N) is 1. The molecule has 0 saturated carbocycles. The lowest BCUT2D eigenvalue weighted by molar-refractivity contribution is -0.136.